The predicted octanol–water partition coefficient (Wildman–Crippen LogP) is 3.60. The summed E-state index contributed by atoms with van der Waals surface area (Å²) >= 11 is 0. The van der Waals surface area contributed by atoms with E-state index in [0.717, 1.165) is 11.1 Å². The zero-order valence-electron chi connectivity index (χ0n) is 15.3. The van der Waals surface area contributed by atoms with Crippen molar-refractivity contribution in [2.45, 2.75) is 0 Å². The standard InChI is InChI=1S/C22H20N2O4/c1-27-21-12-7-16(13-20(21)25)14-23-24-22(26)15-28-19-10-8-18(9-11-19)17-5-3-2-4-6-17/h2-14,25H,15H2,1H3,(H,24,26)/b23-14-. The van der Waals surface area contributed by atoms with E-state index >= 15 is 0 Å². The lowest BCUT2D eigenvalue weighted by atomic mass is 10.1. The van der Waals surface area contributed by atoms with Crippen molar-refractivity contribution in [3.63, 3.8) is 0 Å². The highest BCUT2D eigenvalue weighted by Crippen LogP contribution is 2.25. The van der Waals surface area contributed by atoms with Gasteiger partial charge in [-0.15, -0.1) is 0 Å². The van der Waals surface area contributed by atoms with Crippen molar-refractivity contribution < 1.29 is 19.4 Å². The maximum Gasteiger partial charge on any atom is 0.277 e. The molecule has 0 fully saturated rings. The Morgan fingerprint density at radius 2 is 1.75 bits per heavy atom. The van der Waals surface area contributed by atoms with Crippen LogP contribution in [0.15, 0.2) is 77.9 Å². The predicted molar refractivity (Wildman–Crippen MR) is 108 cm³/mol. The third-order valence-electron chi connectivity index (χ3n) is 3.94. The second-order valence-corrected chi connectivity index (χ2v) is 5.90. The molecule has 6 nitrogen and oxygen atoms in total. The number of carbonyl (C=O) groups is 1. The second kappa shape index (κ2) is 9.23. The van der Waals surface area contributed by atoms with E-state index in [1.54, 1.807) is 12.1 Å². The van der Waals surface area contributed by atoms with Crippen LogP contribution in [0.25, 0.3) is 11.1 Å². The van der Waals surface area contributed by atoms with Crippen LogP contribution in [-0.4, -0.2) is 30.9 Å². The Hall–Kier alpha value is -3.80. The van der Waals surface area contributed by atoms with Gasteiger partial charge in [0, 0.05) is 0 Å². The second-order valence-electron chi connectivity index (χ2n) is 5.90. The Morgan fingerprint density at radius 1 is 1.04 bits per heavy atom. The van der Waals surface area contributed by atoms with Crippen LogP contribution in [0.3, 0.4) is 0 Å². The van der Waals surface area contributed by atoms with E-state index < -0.39 is 0 Å². The average molecular weight is 376 g/mol. The Bertz CT molecular complexity index is 954. The van der Waals surface area contributed by atoms with Crippen molar-refractivity contribution in [3.05, 3.63) is 78.4 Å². The van der Waals surface area contributed by atoms with Gasteiger partial charge in [-0.1, -0.05) is 42.5 Å². The van der Waals surface area contributed by atoms with Crippen molar-refractivity contribution in [3.8, 4) is 28.4 Å². The lowest BCUT2D eigenvalue weighted by molar-refractivity contribution is -0.123. The molecular formula is C22H20N2O4. The van der Waals surface area contributed by atoms with Crippen LogP contribution in [0.2, 0.25) is 0 Å². The highest BCUT2D eigenvalue weighted by molar-refractivity contribution is 5.83. The fourth-order valence-electron chi connectivity index (χ4n) is 2.52. The van der Waals surface area contributed by atoms with Gasteiger partial charge in [-0.2, -0.15) is 5.10 Å². The fraction of sp³-hybridized carbons (Fsp3) is 0.0909. The number of nitrogens with zero attached hydrogens (tertiary/aromatic N) is 1. The molecule has 3 aromatic carbocycles. The van der Waals surface area contributed by atoms with Crippen molar-refractivity contribution in [2.75, 3.05) is 13.7 Å². The Balaban J connectivity index is 1.48. The van der Waals surface area contributed by atoms with Gasteiger partial charge < -0.3 is 14.6 Å². The number of amides is 1. The first-order chi connectivity index (χ1) is 13.7. The average Bonchev–Trinajstić information content (AvgIpc) is 2.73. The molecule has 0 aliphatic rings. The summed E-state index contributed by atoms with van der Waals surface area (Å²) in [5, 5.41) is 13.6. The Morgan fingerprint density at radius 3 is 2.43 bits per heavy atom. The van der Waals surface area contributed by atoms with Crippen molar-refractivity contribution in [1.82, 2.24) is 5.43 Å². The lowest BCUT2D eigenvalue weighted by Crippen LogP contribution is -2.24. The first kappa shape index (κ1) is 19.0. The van der Waals surface area contributed by atoms with Gasteiger partial charge in [0.2, 0.25) is 0 Å². The molecule has 1 amide bonds. The maximum atomic E-state index is 11.8. The van der Waals surface area contributed by atoms with Gasteiger partial charge in [-0.25, -0.2) is 5.43 Å². The van der Waals surface area contributed by atoms with Crippen LogP contribution in [0.4, 0.5) is 0 Å². The molecule has 6 heteroatoms. The van der Waals surface area contributed by atoms with Gasteiger partial charge in [0.05, 0.1) is 13.3 Å². The molecule has 28 heavy (non-hydrogen) atoms. The summed E-state index contributed by atoms with van der Waals surface area (Å²) in [5.74, 6) is 0.577. The molecule has 142 valence electrons. The van der Waals surface area contributed by atoms with Crippen LogP contribution < -0.4 is 14.9 Å². The monoisotopic (exact) mass is 376 g/mol. The molecule has 0 bridgehead atoms. The molecule has 0 spiro atoms. The molecule has 0 aliphatic carbocycles. The van der Waals surface area contributed by atoms with Gasteiger partial charge >= 0.3 is 0 Å². The van der Waals surface area contributed by atoms with Crippen molar-refractivity contribution in [2.24, 2.45) is 5.10 Å². The number of carbonyl (C=O) groups excluding carboxylic acids is 1. The van der Waals surface area contributed by atoms with Crippen LogP contribution in [-0.2, 0) is 4.79 Å². The normalized spacial score (nSPS) is 10.6. The number of benzene rings is 3. The first-order valence-corrected chi connectivity index (χ1v) is 8.63. The molecule has 0 aliphatic heterocycles. The van der Waals surface area contributed by atoms with Gasteiger partial charge in [0.15, 0.2) is 18.1 Å². The number of ether oxygens (including phenoxy) is 2. The Labute approximate surface area is 163 Å². The smallest absolute Gasteiger partial charge is 0.277 e. The summed E-state index contributed by atoms with van der Waals surface area (Å²) in [6.07, 6.45) is 1.42. The topological polar surface area (TPSA) is 80.2 Å². The number of hydrogen-bond donors (Lipinski definition) is 2. The number of hydrazone groups is 1. The van der Waals surface area contributed by atoms with Gasteiger partial charge in [-0.05, 0) is 47.0 Å². The number of phenols is 1. The molecule has 0 aromatic heterocycles. The van der Waals surface area contributed by atoms with Crippen molar-refractivity contribution in [1.29, 1.82) is 0 Å². The summed E-state index contributed by atoms with van der Waals surface area (Å²) in [6, 6.07) is 22.3. The Kier molecular flexibility index (Phi) is 6.25. The van der Waals surface area contributed by atoms with E-state index in [1.165, 1.54) is 19.4 Å². The van der Waals surface area contributed by atoms with Crippen LogP contribution >= 0.6 is 0 Å². The van der Waals surface area contributed by atoms with E-state index in [1.807, 2.05) is 54.6 Å². The first-order valence-electron chi connectivity index (χ1n) is 8.63. The molecule has 0 saturated carbocycles. The summed E-state index contributed by atoms with van der Waals surface area (Å²) < 4.78 is 10.4. The summed E-state index contributed by atoms with van der Waals surface area (Å²) in [6.45, 7) is -0.157. The summed E-state index contributed by atoms with van der Waals surface area (Å²) in [7, 11) is 1.47. The quantitative estimate of drug-likeness (QED) is 0.488. The highest BCUT2D eigenvalue weighted by Gasteiger charge is 2.03. The molecule has 0 radical (unpaired) electrons. The van der Waals surface area contributed by atoms with Crippen LogP contribution in [0.5, 0.6) is 17.2 Å². The third kappa shape index (κ3) is 5.11. The maximum absolute atomic E-state index is 11.8. The van der Waals surface area contributed by atoms with Gasteiger partial charge in [0.25, 0.3) is 5.91 Å². The minimum atomic E-state index is -0.388. The van der Waals surface area contributed by atoms with Gasteiger partial charge in [-0.3, -0.25) is 4.79 Å². The number of rotatable bonds is 7. The number of methoxy groups -OCH3 is 1. The van der Waals surface area contributed by atoms with E-state index in [9.17, 15) is 9.90 Å². The third-order valence-corrected chi connectivity index (χ3v) is 3.94. The SMILES string of the molecule is COc1ccc(/C=N\NC(=O)COc2ccc(-c3ccccc3)cc2)cc1O. The number of phenolic OH excluding ortho intramolecular Hbond substituents is 1. The minimum Gasteiger partial charge on any atom is -0.504 e. The van der Waals surface area contributed by atoms with E-state index in [4.69, 9.17) is 9.47 Å². The molecule has 3 aromatic rings. The van der Waals surface area contributed by atoms with E-state index in [-0.39, 0.29) is 18.3 Å². The molecule has 2 N–H and O–H groups in total. The minimum absolute atomic E-state index is 0.0000551. The van der Waals surface area contributed by atoms with Crippen LogP contribution in [0, 0.1) is 0 Å². The number of aromatic hydroxyl groups is 1. The fourth-order valence-corrected chi connectivity index (χ4v) is 2.52. The summed E-state index contributed by atoms with van der Waals surface area (Å²) in [5.41, 5.74) is 5.19. The van der Waals surface area contributed by atoms with E-state index in [0.29, 0.717) is 17.1 Å². The number of hydrogen-bond acceptors (Lipinski definition) is 5. The zero-order chi connectivity index (χ0) is 19.8. The molecule has 0 heterocycles. The van der Waals surface area contributed by atoms with Crippen molar-refractivity contribution >= 4 is 12.1 Å². The molecule has 3 rings (SSSR count). The zero-order valence-corrected chi connectivity index (χ0v) is 15.3. The molecule has 0 atom stereocenters. The molecule has 0 unspecified atom stereocenters. The number of nitrogens with one attached hydrogen (secondary N) is 1. The van der Waals surface area contributed by atoms with Crippen LogP contribution in [0.1, 0.15) is 5.56 Å². The molecule has 0 saturated heterocycles. The lowest BCUT2D eigenvalue weighted by Gasteiger charge is -2.07. The summed E-state index contributed by atoms with van der Waals surface area (Å²) in [4.78, 5) is 11.8. The largest absolute Gasteiger partial charge is 0.504 e. The molecular weight excluding hydrogens is 356 g/mol. The van der Waals surface area contributed by atoms with Gasteiger partial charge in [0.1, 0.15) is 5.75 Å². The van der Waals surface area contributed by atoms with E-state index in [2.05, 4.69) is 10.5 Å². The highest BCUT2D eigenvalue weighted by atomic mass is 16.5.